The molecule has 0 spiro atoms. The number of nitrogens with one attached hydrogen (secondary N) is 4. The van der Waals surface area contributed by atoms with Gasteiger partial charge in [0.1, 0.15) is 0 Å². The molecule has 0 saturated heterocycles. The summed E-state index contributed by atoms with van der Waals surface area (Å²) < 4.78 is 0. The monoisotopic (exact) mass is 356 g/mol. The van der Waals surface area contributed by atoms with Crippen LogP contribution in [0.1, 0.15) is 6.92 Å². The molecular formula is C12H32N6S3. The Bertz CT molecular complexity index is 292. The third-order valence-electron chi connectivity index (χ3n) is 3.56. The Morgan fingerprint density at radius 1 is 0.810 bits per heavy atom. The first-order chi connectivity index (χ1) is 9.72. The summed E-state index contributed by atoms with van der Waals surface area (Å²) in [6.07, 6.45) is 0. The van der Waals surface area contributed by atoms with Crippen molar-refractivity contribution in [3.8, 4) is 0 Å². The molecule has 0 aliphatic rings. The molecule has 6 nitrogen and oxygen atoms in total. The number of thiol groups is 3. The summed E-state index contributed by atoms with van der Waals surface area (Å²) in [7, 11) is 3.69. The van der Waals surface area contributed by atoms with Crippen LogP contribution in [-0.4, -0.2) is 67.9 Å². The number of hydrogen-bond acceptors (Lipinski definition) is 9. The van der Waals surface area contributed by atoms with E-state index in [4.69, 9.17) is 11.5 Å². The topological polar surface area (TPSA) is 100 Å². The summed E-state index contributed by atoms with van der Waals surface area (Å²) in [6.45, 7) is 3.95. The van der Waals surface area contributed by atoms with Crippen molar-refractivity contribution in [1.82, 2.24) is 21.3 Å². The van der Waals surface area contributed by atoms with Crippen LogP contribution in [0.4, 0.5) is 0 Å². The molecule has 0 aliphatic carbocycles. The Hall–Kier alpha value is 0.810. The molecule has 0 radical (unpaired) electrons. The van der Waals surface area contributed by atoms with Gasteiger partial charge in [0.15, 0.2) is 0 Å². The van der Waals surface area contributed by atoms with E-state index in [0.29, 0.717) is 36.9 Å². The average Bonchev–Trinajstić information content (AvgIpc) is 2.51. The van der Waals surface area contributed by atoms with Crippen molar-refractivity contribution in [3.05, 3.63) is 0 Å². The fraction of sp³-hybridized carbons (Fsp3) is 1.00. The molecule has 0 rings (SSSR count). The van der Waals surface area contributed by atoms with Crippen molar-refractivity contribution >= 4 is 37.9 Å². The standard InChI is InChI=1S/C12H32N6S3/c1-10(7-19,17-6-11(13,8-20)16-3)4-18-12(14,9-21)5-15-2/h15-21H,4-9,13-14H2,1-3H3/t10-,11-,12?/m1/s1. The molecule has 0 aromatic carbocycles. The third kappa shape index (κ3) is 7.76. The molecule has 0 saturated carbocycles. The second-order valence-electron chi connectivity index (χ2n) is 5.83. The van der Waals surface area contributed by atoms with Crippen LogP contribution in [0.5, 0.6) is 0 Å². The molecule has 9 heteroatoms. The van der Waals surface area contributed by atoms with Crippen molar-refractivity contribution in [3.63, 3.8) is 0 Å². The van der Waals surface area contributed by atoms with E-state index >= 15 is 0 Å². The highest BCUT2D eigenvalue weighted by atomic mass is 32.1. The Morgan fingerprint density at radius 3 is 1.76 bits per heavy atom. The summed E-state index contributed by atoms with van der Waals surface area (Å²) in [5.74, 6) is 1.71. The fourth-order valence-corrected chi connectivity index (χ4v) is 2.35. The molecular weight excluding hydrogens is 324 g/mol. The van der Waals surface area contributed by atoms with Gasteiger partial charge in [0, 0.05) is 42.4 Å². The molecule has 8 N–H and O–H groups in total. The van der Waals surface area contributed by atoms with Crippen LogP contribution >= 0.6 is 37.9 Å². The first kappa shape index (κ1) is 21.8. The molecule has 21 heavy (non-hydrogen) atoms. The van der Waals surface area contributed by atoms with Gasteiger partial charge in [-0.1, -0.05) is 0 Å². The summed E-state index contributed by atoms with van der Waals surface area (Å²) in [6, 6.07) is 0. The van der Waals surface area contributed by atoms with Crippen LogP contribution in [0, 0.1) is 0 Å². The van der Waals surface area contributed by atoms with E-state index in [2.05, 4.69) is 66.1 Å². The van der Waals surface area contributed by atoms with Crippen LogP contribution in [0.25, 0.3) is 0 Å². The largest absolute Gasteiger partial charge is 0.317 e. The van der Waals surface area contributed by atoms with E-state index in [9.17, 15) is 0 Å². The van der Waals surface area contributed by atoms with Gasteiger partial charge < -0.3 is 27.4 Å². The van der Waals surface area contributed by atoms with Gasteiger partial charge in [0.2, 0.25) is 0 Å². The summed E-state index contributed by atoms with van der Waals surface area (Å²) in [5.41, 5.74) is 11.1. The van der Waals surface area contributed by atoms with Crippen molar-refractivity contribution in [2.24, 2.45) is 11.5 Å². The number of rotatable bonds is 12. The van der Waals surface area contributed by atoms with Gasteiger partial charge in [-0.05, 0) is 21.0 Å². The van der Waals surface area contributed by atoms with Gasteiger partial charge in [0.05, 0.1) is 11.3 Å². The maximum Gasteiger partial charge on any atom is 0.0880 e. The lowest BCUT2D eigenvalue weighted by molar-refractivity contribution is 0.268. The molecule has 3 atom stereocenters. The summed E-state index contributed by atoms with van der Waals surface area (Å²) in [5, 5.41) is 13.0. The Labute approximate surface area is 145 Å². The van der Waals surface area contributed by atoms with Crippen LogP contribution < -0.4 is 32.7 Å². The lowest BCUT2D eigenvalue weighted by atomic mass is 10.0. The molecule has 0 aromatic rings. The molecule has 1 unspecified atom stereocenters. The normalized spacial score (nSPS) is 20.6. The van der Waals surface area contributed by atoms with Gasteiger partial charge in [-0.3, -0.25) is 5.32 Å². The minimum Gasteiger partial charge on any atom is -0.317 e. The molecule has 0 aromatic heterocycles. The van der Waals surface area contributed by atoms with E-state index in [1.165, 1.54) is 0 Å². The second-order valence-corrected chi connectivity index (χ2v) is 6.78. The zero-order chi connectivity index (χ0) is 16.6. The highest BCUT2D eigenvalue weighted by molar-refractivity contribution is 7.80. The van der Waals surface area contributed by atoms with Gasteiger partial charge in [-0.25, -0.2) is 0 Å². The predicted molar refractivity (Wildman–Crippen MR) is 103 cm³/mol. The van der Waals surface area contributed by atoms with E-state index in [1.54, 1.807) is 0 Å². The molecule has 0 bridgehead atoms. The second kappa shape index (κ2) is 9.84. The zero-order valence-corrected chi connectivity index (χ0v) is 15.9. The predicted octanol–water partition coefficient (Wildman–Crippen LogP) is -1.54. The third-order valence-corrected chi connectivity index (χ3v) is 5.39. The van der Waals surface area contributed by atoms with E-state index in [0.717, 1.165) is 0 Å². The highest BCUT2D eigenvalue weighted by Crippen LogP contribution is 2.09. The van der Waals surface area contributed by atoms with E-state index in [-0.39, 0.29) is 5.54 Å². The summed E-state index contributed by atoms with van der Waals surface area (Å²) >= 11 is 13.0. The van der Waals surface area contributed by atoms with Crippen molar-refractivity contribution in [2.75, 3.05) is 51.0 Å². The number of likely N-dealkylation sites (N-methyl/N-ethyl adjacent to an activating group) is 2. The Balaban J connectivity index is 4.59. The number of hydrogen-bond donors (Lipinski definition) is 9. The first-order valence-corrected chi connectivity index (χ1v) is 8.86. The molecule has 0 amide bonds. The van der Waals surface area contributed by atoms with Crippen molar-refractivity contribution in [2.45, 2.75) is 23.8 Å². The van der Waals surface area contributed by atoms with E-state index in [1.807, 2.05) is 14.1 Å². The SMILES string of the molecule is CNCC(N)(CS)NC[C@](C)(CS)NC[C@](N)(CS)NC. The zero-order valence-electron chi connectivity index (χ0n) is 13.2. The quantitative estimate of drug-likeness (QED) is 0.155. The van der Waals surface area contributed by atoms with Gasteiger partial charge >= 0.3 is 0 Å². The van der Waals surface area contributed by atoms with Gasteiger partial charge in [0.25, 0.3) is 0 Å². The van der Waals surface area contributed by atoms with Crippen LogP contribution in [0.15, 0.2) is 0 Å². The summed E-state index contributed by atoms with van der Waals surface area (Å²) in [4.78, 5) is 0. The minimum atomic E-state index is -0.559. The van der Waals surface area contributed by atoms with Gasteiger partial charge in [-0.2, -0.15) is 37.9 Å². The smallest absolute Gasteiger partial charge is 0.0880 e. The first-order valence-electron chi connectivity index (χ1n) is 6.96. The molecule has 0 aliphatic heterocycles. The average molecular weight is 357 g/mol. The Kier molecular flexibility index (Phi) is 10.2. The maximum atomic E-state index is 6.25. The fourth-order valence-electron chi connectivity index (χ4n) is 1.63. The molecule has 0 heterocycles. The Morgan fingerprint density at radius 2 is 1.38 bits per heavy atom. The van der Waals surface area contributed by atoms with Crippen molar-refractivity contribution in [1.29, 1.82) is 0 Å². The van der Waals surface area contributed by atoms with Crippen LogP contribution in [-0.2, 0) is 0 Å². The lowest BCUT2D eigenvalue weighted by Crippen LogP contribution is -2.68. The van der Waals surface area contributed by atoms with Crippen molar-refractivity contribution < 1.29 is 0 Å². The van der Waals surface area contributed by atoms with Gasteiger partial charge in [-0.15, -0.1) is 0 Å². The van der Waals surface area contributed by atoms with Crippen LogP contribution in [0.2, 0.25) is 0 Å². The number of nitrogens with two attached hydrogens (primary N) is 2. The van der Waals surface area contributed by atoms with E-state index < -0.39 is 11.3 Å². The maximum absolute atomic E-state index is 6.25. The minimum absolute atomic E-state index is 0.241. The molecule has 128 valence electrons. The molecule has 0 fully saturated rings. The van der Waals surface area contributed by atoms with Crippen LogP contribution in [0.3, 0.4) is 0 Å². The highest BCUT2D eigenvalue weighted by Gasteiger charge is 2.31. The lowest BCUT2D eigenvalue weighted by Gasteiger charge is -2.38.